The Kier molecular flexibility index (Phi) is 1.78. The lowest BCUT2D eigenvalue weighted by Crippen LogP contribution is -2.10. The van der Waals surface area contributed by atoms with Crippen molar-refractivity contribution in [3.8, 4) is 0 Å². The van der Waals surface area contributed by atoms with Crippen LogP contribution in [0.4, 0.5) is 4.79 Å². The number of halogens is 1. The average Bonchev–Trinajstić information content (AvgIpc) is 2.75. The van der Waals surface area contributed by atoms with E-state index in [0.717, 1.165) is 12.8 Å². The molecule has 0 spiro atoms. The standard InChI is InChI=1S/C7H7IO3/c8-3-5-6(4-1-2-4)11-7(9)10-5/h3-4,6H,1-2H2. The van der Waals surface area contributed by atoms with Crippen LogP contribution in [0.25, 0.3) is 0 Å². The SMILES string of the molecule is O=C1OC(=CI)C(C2CC2)O1. The van der Waals surface area contributed by atoms with Crippen molar-refractivity contribution in [1.29, 1.82) is 0 Å². The highest BCUT2D eigenvalue weighted by atomic mass is 127. The van der Waals surface area contributed by atoms with Gasteiger partial charge in [-0.3, -0.25) is 0 Å². The number of ether oxygens (including phenoxy) is 2. The Morgan fingerprint density at radius 1 is 1.55 bits per heavy atom. The van der Waals surface area contributed by atoms with Gasteiger partial charge >= 0.3 is 6.16 Å². The Morgan fingerprint density at radius 2 is 2.27 bits per heavy atom. The fourth-order valence-electron chi connectivity index (χ4n) is 1.15. The van der Waals surface area contributed by atoms with E-state index in [9.17, 15) is 4.79 Å². The average molecular weight is 266 g/mol. The summed E-state index contributed by atoms with van der Waals surface area (Å²) in [6.07, 6.45) is 1.66. The molecule has 60 valence electrons. The van der Waals surface area contributed by atoms with Gasteiger partial charge < -0.3 is 9.47 Å². The number of cyclic esters (lactones) is 2. The van der Waals surface area contributed by atoms with E-state index in [1.165, 1.54) is 0 Å². The van der Waals surface area contributed by atoms with Crippen molar-refractivity contribution in [2.24, 2.45) is 5.92 Å². The zero-order valence-corrected chi connectivity index (χ0v) is 7.91. The Hall–Kier alpha value is -0.260. The minimum absolute atomic E-state index is 0.0839. The molecular formula is C7H7IO3. The van der Waals surface area contributed by atoms with Crippen molar-refractivity contribution in [2.75, 3.05) is 0 Å². The summed E-state index contributed by atoms with van der Waals surface area (Å²) in [5.41, 5.74) is 0. The van der Waals surface area contributed by atoms with E-state index in [1.54, 1.807) is 4.08 Å². The Bertz CT molecular complexity index is 220. The first-order valence-electron chi connectivity index (χ1n) is 3.50. The van der Waals surface area contributed by atoms with E-state index in [0.29, 0.717) is 11.7 Å². The predicted molar refractivity (Wildman–Crippen MR) is 46.2 cm³/mol. The molecule has 3 nitrogen and oxygen atoms in total. The maximum atomic E-state index is 10.7. The number of rotatable bonds is 1. The smallest absolute Gasteiger partial charge is 0.422 e. The molecule has 1 unspecified atom stereocenters. The number of hydrogen-bond acceptors (Lipinski definition) is 3. The maximum Gasteiger partial charge on any atom is 0.514 e. The van der Waals surface area contributed by atoms with Crippen molar-refractivity contribution in [2.45, 2.75) is 18.9 Å². The van der Waals surface area contributed by atoms with Gasteiger partial charge in [0.25, 0.3) is 0 Å². The molecule has 11 heavy (non-hydrogen) atoms. The van der Waals surface area contributed by atoms with Crippen LogP contribution in [0.5, 0.6) is 0 Å². The van der Waals surface area contributed by atoms with Crippen LogP contribution < -0.4 is 0 Å². The molecule has 1 atom stereocenters. The summed E-state index contributed by atoms with van der Waals surface area (Å²) < 4.78 is 11.5. The molecule has 1 aliphatic heterocycles. The van der Waals surface area contributed by atoms with Crippen LogP contribution in [0.3, 0.4) is 0 Å². The zero-order chi connectivity index (χ0) is 7.84. The van der Waals surface area contributed by atoms with Crippen LogP contribution in [0.15, 0.2) is 9.84 Å². The molecule has 1 heterocycles. The van der Waals surface area contributed by atoms with Crippen LogP contribution in [0, 0.1) is 5.92 Å². The van der Waals surface area contributed by atoms with Gasteiger partial charge in [-0.25, -0.2) is 4.79 Å². The van der Waals surface area contributed by atoms with Crippen LogP contribution >= 0.6 is 22.6 Å². The van der Waals surface area contributed by atoms with E-state index in [-0.39, 0.29) is 6.10 Å². The Balaban J connectivity index is 2.12. The molecule has 4 heteroatoms. The van der Waals surface area contributed by atoms with Crippen molar-refractivity contribution in [3.05, 3.63) is 9.84 Å². The molecule has 0 radical (unpaired) electrons. The molecule has 0 aromatic carbocycles. The number of carbonyl (C=O) groups excluding carboxylic acids is 1. The second kappa shape index (κ2) is 2.66. The second-order valence-corrected chi connectivity index (χ2v) is 3.36. The summed E-state index contributed by atoms with van der Waals surface area (Å²) in [7, 11) is 0. The lowest BCUT2D eigenvalue weighted by atomic mass is 10.2. The lowest BCUT2D eigenvalue weighted by molar-refractivity contribution is 0.113. The van der Waals surface area contributed by atoms with Gasteiger partial charge in [0.2, 0.25) is 0 Å². The quantitative estimate of drug-likeness (QED) is 0.539. The summed E-state index contributed by atoms with van der Waals surface area (Å²) >= 11 is 2.06. The van der Waals surface area contributed by atoms with Gasteiger partial charge in [-0.2, -0.15) is 0 Å². The first kappa shape index (κ1) is 7.39. The van der Waals surface area contributed by atoms with E-state index in [2.05, 4.69) is 22.6 Å². The minimum Gasteiger partial charge on any atom is -0.422 e. The van der Waals surface area contributed by atoms with Crippen LogP contribution in [-0.2, 0) is 9.47 Å². The highest BCUT2D eigenvalue weighted by Gasteiger charge is 2.42. The van der Waals surface area contributed by atoms with Gasteiger partial charge in [0.15, 0.2) is 11.9 Å². The molecule has 1 saturated heterocycles. The molecule has 0 aromatic rings. The lowest BCUT2D eigenvalue weighted by Gasteiger charge is -2.02. The van der Waals surface area contributed by atoms with Crippen molar-refractivity contribution in [1.82, 2.24) is 0 Å². The zero-order valence-electron chi connectivity index (χ0n) is 5.75. The fourth-order valence-corrected chi connectivity index (χ4v) is 1.63. The fraction of sp³-hybridized carbons (Fsp3) is 0.571. The summed E-state index contributed by atoms with van der Waals surface area (Å²) in [5, 5.41) is 0. The summed E-state index contributed by atoms with van der Waals surface area (Å²) in [6, 6.07) is 0. The highest BCUT2D eigenvalue weighted by molar-refractivity contribution is 14.1. The third kappa shape index (κ3) is 1.36. The molecule has 2 rings (SSSR count). The predicted octanol–water partition coefficient (Wildman–Crippen LogP) is 2.21. The van der Waals surface area contributed by atoms with Gasteiger partial charge in [0.1, 0.15) is 0 Å². The molecule has 1 saturated carbocycles. The summed E-state index contributed by atoms with van der Waals surface area (Å²) in [4.78, 5) is 10.7. The first-order chi connectivity index (χ1) is 5.31. The van der Waals surface area contributed by atoms with Gasteiger partial charge in [0.05, 0.1) is 0 Å². The highest BCUT2D eigenvalue weighted by Crippen LogP contribution is 2.40. The van der Waals surface area contributed by atoms with Crippen LogP contribution in [0.1, 0.15) is 12.8 Å². The molecule has 2 aliphatic rings. The van der Waals surface area contributed by atoms with Gasteiger partial charge in [-0.1, -0.05) is 0 Å². The molecule has 0 N–H and O–H groups in total. The molecular weight excluding hydrogens is 259 g/mol. The van der Waals surface area contributed by atoms with Crippen LogP contribution in [-0.4, -0.2) is 12.3 Å². The first-order valence-corrected chi connectivity index (χ1v) is 4.74. The Morgan fingerprint density at radius 3 is 2.82 bits per heavy atom. The van der Waals surface area contributed by atoms with Crippen molar-refractivity contribution in [3.63, 3.8) is 0 Å². The molecule has 0 amide bonds. The Labute approximate surface area is 77.9 Å². The van der Waals surface area contributed by atoms with Gasteiger partial charge in [0, 0.05) is 10.0 Å². The van der Waals surface area contributed by atoms with E-state index >= 15 is 0 Å². The van der Waals surface area contributed by atoms with Gasteiger partial charge in [-0.05, 0) is 35.4 Å². The third-order valence-corrected chi connectivity index (χ3v) is 2.48. The topological polar surface area (TPSA) is 35.5 Å². The molecule has 2 fully saturated rings. The van der Waals surface area contributed by atoms with E-state index in [4.69, 9.17) is 9.47 Å². The van der Waals surface area contributed by atoms with E-state index < -0.39 is 6.16 Å². The third-order valence-electron chi connectivity index (χ3n) is 1.86. The molecule has 0 bridgehead atoms. The maximum absolute atomic E-state index is 10.7. The summed E-state index contributed by atoms with van der Waals surface area (Å²) in [6.45, 7) is 0. The molecule has 1 aliphatic carbocycles. The van der Waals surface area contributed by atoms with Crippen molar-refractivity contribution >= 4 is 28.7 Å². The monoisotopic (exact) mass is 266 g/mol. The number of carbonyl (C=O) groups is 1. The van der Waals surface area contributed by atoms with E-state index in [1.807, 2.05) is 0 Å². The van der Waals surface area contributed by atoms with Gasteiger partial charge in [-0.15, -0.1) is 0 Å². The van der Waals surface area contributed by atoms with Crippen LogP contribution in [0.2, 0.25) is 0 Å². The van der Waals surface area contributed by atoms with Crippen molar-refractivity contribution < 1.29 is 14.3 Å². The minimum atomic E-state index is -0.551. The normalized spacial score (nSPS) is 33.7. The molecule has 0 aromatic heterocycles. The largest absolute Gasteiger partial charge is 0.514 e. The second-order valence-electron chi connectivity index (χ2n) is 2.74. The summed E-state index contributed by atoms with van der Waals surface area (Å²) in [5.74, 6) is 1.19. The number of hydrogen-bond donors (Lipinski definition) is 0.